The number of nitrogens with one attached hydrogen (secondary N) is 1. The number of aliphatic hydroxyl groups excluding tert-OH is 6. The van der Waals surface area contributed by atoms with Crippen LogP contribution in [0.15, 0.2) is 0 Å². The average Bonchev–Trinajstić information content (AvgIpc) is 3.32. The molecule has 1 aliphatic rings. The topological polar surface area (TPSA) is 169 Å². The molecule has 7 N–H and O–H groups in total. The Hall–Kier alpha value is -0.850. The second kappa shape index (κ2) is 46.5. The Labute approximate surface area is 407 Å². The van der Waals surface area contributed by atoms with E-state index >= 15 is 0 Å². The quantitative estimate of drug-likeness (QED) is 0.0294. The molecule has 8 atom stereocenters. The number of rotatable bonds is 50. The smallest absolute Gasteiger partial charge is 0.220 e. The monoisotopic (exact) mass is 942 g/mol. The van der Waals surface area contributed by atoms with Gasteiger partial charge in [0, 0.05) is 6.42 Å². The normalized spacial score (nSPS) is 20.2. The molecule has 2 unspecified atom stereocenters. The first-order valence-electron chi connectivity index (χ1n) is 28.8. The zero-order chi connectivity index (χ0) is 48.1. The van der Waals surface area contributed by atoms with E-state index in [2.05, 4.69) is 19.2 Å². The van der Waals surface area contributed by atoms with Gasteiger partial charge in [-0.3, -0.25) is 4.79 Å². The predicted molar refractivity (Wildman–Crippen MR) is 274 cm³/mol. The van der Waals surface area contributed by atoms with Crippen LogP contribution in [0, 0.1) is 0 Å². The minimum absolute atomic E-state index is 0.252. The van der Waals surface area contributed by atoms with Gasteiger partial charge in [0.1, 0.15) is 30.5 Å². The first-order valence-corrected chi connectivity index (χ1v) is 28.8. The van der Waals surface area contributed by atoms with Gasteiger partial charge < -0.3 is 45.4 Å². The SMILES string of the molecule is CCCCCCCCCCCCCCCCCCCCCCCCCCCCCCCCCCC(=O)N[C@@H](CO[C@@H]1O[C@H](CO)[C@H](O)C(O)C1O)[C@H](O)[C@H](O)CCCCCCCCCCC. The summed E-state index contributed by atoms with van der Waals surface area (Å²) in [6.07, 6.45) is 44.5. The second-order valence-electron chi connectivity index (χ2n) is 20.6. The molecular weight excluding hydrogens is 831 g/mol. The molecule has 0 aromatic carbocycles. The molecular formula is C56H111NO9. The van der Waals surface area contributed by atoms with Gasteiger partial charge in [-0.15, -0.1) is 0 Å². The molecule has 0 aromatic rings. The Kier molecular flexibility index (Phi) is 44.5. The van der Waals surface area contributed by atoms with Crippen molar-refractivity contribution < 1.29 is 44.9 Å². The lowest BCUT2D eigenvalue weighted by Crippen LogP contribution is -2.60. The third-order valence-electron chi connectivity index (χ3n) is 14.3. The Bertz CT molecular complexity index is 1020. The number of ether oxygens (including phenoxy) is 2. The lowest BCUT2D eigenvalue weighted by Gasteiger charge is -2.40. The highest BCUT2D eigenvalue weighted by Crippen LogP contribution is 2.24. The van der Waals surface area contributed by atoms with E-state index in [9.17, 15) is 35.4 Å². The van der Waals surface area contributed by atoms with Gasteiger partial charge in [0.25, 0.3) is 0 Å². The molecule has 1 aliphatic heterocycles. The largest absolute Gasteiger partial charge is 0.394 e. The summed E-state index contributed by atoms with van der Waals surface area (Å²) in [7, 11) is 0. The van der Waals surface area contributed by atoms with E-state index < -0.39 is 55.6 Å². The maximum Gasteiger partial charge on any atom is 0.220 e. The Balaban J connectivity index is 2.09. The van der Waals surface area contributed by atoms with Crippen LogP contribution in [-0.2, 0) is 14.3 Å². The van der Waals surface area contributed by atoms with Crippen LogP contribution in [0.4, 0.5) is 0 Å². The van der Waals surface area contributed by atoms with E-state index in [4.69, 9.17) is 9.47 Å². The fourth-order valence-electron chi connectivity index (χ4n) is 9.67. The van der Waals surface area contributed by atoms with Gasteiger partial charge in [0.05, 0.1) is 25.4 Å². The summed E-state index contributed by atoms with van der Waals surface area (Å²) in [4.78, 5) is 13.0. The highest BCUT2D eigenvalue weighted by molar-refractivity contribution is 5.76. The second-order valence-corrected chi connectivity index (χ2v) is 20.6. The van der Waals surface area contributed by atoms with Crippen molar-refractivity contribution in [3.63, 3.8) is 0 Å². The van der Waals surface area contributed by atoms with Crippen molar-refractivity contribution in [1.82, 2.24) is 5.32 Å². The molecule has 0 aliphatic carbocycles. The number of carbonyl (C=O) groups is 1. The summed E-state index contributed by atoms with van der Waals surface area (Å²) >= 11 is 0. The summed E-state index contributed by atoms with van der Waals surface area (Å²) in [5.41, 5.74) is 0. The molecule has 1 rings (SSSR count). The molecule has 0 radical (unpaired) electrons. The molecule has 1 saturated heterocycles. The van der Waals surface area contributed by atoms with Crippen molar-refractivity contribution in [3.05, 3.63) is 0 Å². The van der Waals surface area contributed by atoms with Gasteiger partial charge in [0.2, 0.25) is 5.91 Å². The van der Waals surface area contributed by atoms with Gasteiger partial charge >= 0.3 is 0 Å². The summed E-state index contributed by atoms with van der Waals surface area (Å²) in [5.74, 6) is -0.252. The zero-order valence-corrected chi connectivity index (χ0v) is 43.3. The van der Waals surface area contributed by atoms with Crippen LogP contribution in [0.5, 0.6) is 0 Å². The third kappa shape index (κ3) is 35.3. The molecule has 0 spiro atoms. The van der Waals surface area contributed by atoms with Crippen LogP contribution < -0.4 is 5.32 Å². The first-order chi connectivity index (χ1) is 32.3. The van der Waals surface area contributed by atoms with Crippen molar-refractivity contribution in [2.75, 3.05) is 13.2 Å². The Morgan fingerprint density at radius 3 is 1.12 bits per heavy atom. The first kappa shape index (κ1) is 63.2. The molecule has 0 aromatic heterocycles. The van der Waals surface area contributed by atoms with Gasteiger partial charge in [-0.2, -0.15) is 0 Å². The molecule has 1 heterocycles. The number of amides is 1. The number of carbonyl (C=O) groups excluding carboxylic acids is 1. The van der Waals surface area contributed by atoms with Crippen LogP contribution >= 0.6 is 0 Å². The van der Waals surface area contributed by atoms with Crippen LogP contribution in [0.1, 0.15) is 290 Å². The number of hydrogen-bond acceptors (Lipinski definition) is 9. The van der Waals surface area contributed by atoms with Crippen LogP contribution in [0.25, 0.3) is 0 Å². The van der Waals surface area contributed by atoms with Gasteiger partial charge in [0.15, 0.2) is 6.29 Å². The molecule has 10 nitrogen and oxygen atoms in total. The van der Waals surface area contributed by atoms with Gasteiger partial charge in [-0.1, -0.05) is 271 Å². The highest BCUT2D eigenvalue weighted by Gasteiger charge is 2.44. The molecule has 10 heteroatoms. The maximum absolute atomic E-state index is 13.0. The minimum Gasteiger partial charge on any atom is -0.394 e. The highest BCUT2D eigenvalue weighted by atomic mass is 16.7. The number of unbranched alkanes of at least 4 members (excludes halogenated alkanes) is 39. The maximum atomic E-state index is 13.0. The van der Waals surface area contributed by atoms with Crippen molar-refractivity contribution in [2.24, 2.45) is 0 Å². The van der Waals surface area contributed by atoms with E-state index in [1.54, 1.807) is 0 Å². The number of aliphatic hydroxyl groups is 6. The van der Waals surface area contributed by atoms with Crippen LogP contribution in [-0.4, -0.2) is 98.7 Å². The summed E-state index contributed by atoms with van der Waals surface area (Å²) < 4.78 is 11.2. The number of hydrogen-bond donors (Lipinski definition) is 7. The van der Waals surface area contributed by atoms with Crippen LogP contribution in [0.2, 0.25) is 0 Å². The summed E-state index contributed by atoms with van der Waals surface area (Å²) in [6.45, 7) is 3.61. The van der Waals surface area contributed by atoms with Crippen molar-refractivity contribution >= 4 is 5.91 Å². The Morgan fingerprint density at radius 1 is 0.470 bits per heavy atom. The standard InChI is InChI=1S/C56H111NO9/c1-3-5-7-9-11-13-14-15-16-17-18-19-20-21-22-23-24-25-26-27-28-29-30-31-32-33-34-35-37-39-41-43-45-51(60)57-48(47-65-56-55(64)54(63)53(62)50(46-58)66-56)52(61)49(59)44-42-40-38-36-12-10-8-6-4-2/h48-50,52-56,58-59,61-64H,3-47H2,1-2H3,(H,57,60)/t48-,49+,50+,52-,53-,54?,55?,56+/m0/s1. The van der Waals surface area contributed by atoms with E-state index in [1.807, 2.05) is 0 Å². The van der Waals surface area contributed by atoms with Crippen molar-refractivity contribution in [3.8, 4) is 0 Å². The molecule has 1 fully saturated rings. The van der Waals surface area contributed by atoms with Crippen molar-refractivity contribution in [2.45, 2.75) is 339 Å². The van der Waals surface area contributed by atoms with E-state index in [0.29, 0.717) is 6.42 Å². The zero-order valence-electron chi connectivity index (χ0n) is 43.3. The predicted octanol–water partition coefficient (Wildman–Crippen LogP) is 12.8. The molecule has 394 valence electrons. The molecule has 0 saturated carbocycles. The summed E-state index contributed by atoms with van der Waals surface area (Å²) in [6, 6.07) is -0.984. The molecule has 1 amide bonds. The summed E-state index contributed by atoms with van der Waals surface area (Å²) in [5, 5.41) is 65.2. The Morgan fingerprint density at radius 2 is 0.788 bits per heavy atom. The minimum atomic E-state index is -1.60. The van der Waals surface area contributed by atoms with E-state index in [0.717, 1.165) is 44.9 Å². The van der Waals surface area contributed by atoms with Crippen LogP contribution in [0.3, 0.4) is 0 Å². The molecule has 0 bridgehead atoms. The fraction of sp³-hybridized carbons (Fsp3) is 0.982. The third-order valence-corrected chi connectivity index (χ3v) is 14.3. The van der Waals surface area contributed by atoms with E-state index in [-0.39, 0.29) is 18.9 Å². The average molecular weight is 943 g/mol. The van der Waals surface area contributed by atoms with E-state index in [1.165, 1.54) is 218 Å². The lowest BCUT2D eigenvalue weighted by atomic mass is 9.98. The fourth-order valence-corrected chi connectivity index (χ4v) is 9.67. The van der Waals surface area contributed by atoms with Crippen molar-refractivity contribution in [1.29, 1.82) is 0 Å². The van der Waals surface area contributed by atoms with Gasteiger partial charge in [-0.25, -0.2) is 0 Å². The van der Waals surface area contributed by atoms with Gasteiger partial charge in [-0.05, 0) is 12.8 Å². The lowest BCUT2D eigenvalue weighted by molar-refractivity contribution is -0.303. The molecule has 66 heavy (non-hydrogen) atoms.